The van der Waals surface area contributed by atoms with E-state index in [-0.39, 0.29) is 29.6 Å². The molecule has 2 saturated heterocycles. The summed E-state index contributed by atoms with van der Waals surface area (Å²) in [5.74, 6) is 1.26. The summed E-state index contributed by atoms with van der Waals surface area (Å²) >= 11 is 0. The van der Waals surface area contributed by atoms with E-state index >= 15 is 0 Å². The van der Waals surface area contributed by atoms with Crippen LogP contribution in [-0.4, -0.2) is 85.9 Å². The fraction of sp³-hybridized carbons (Fsp3) is 0.609. The number of nitrogens with zero attached hydrogens (tertiary/aromatic N) is 3. The first kappa shape index (κ1) is 22.9. The predicted octanol–water partition coefficient (Wildman–Crippen LogP) is 1.88. The molecule has 1 aromatic carbocycles. The molecule has 3 rings (SSSR count). The first-order chi connectivity index (χ1) is 14.8. The quantitative estimate of drug-likeness (QED) is 0.711. The molecule has 3 amide bonds. The molecule has 0 saturated carbocycles. The number of rotatable bonds is 5. The minimum absolute atomic E-state index is 0.0198. The van der Waals surface area contributed by atoms with Gasteiger partial charge in [0.15, 0.2) is 0 Å². The van der Waals surface area contributed by atoms with E-state index < -0.39 is 0 Å². The molecule has 8 heteroatoms. The zero-order valence-electron chi connectivity index (χ0n) is 18.9. The Hall–Kier alpha value is -2.77. The third-order valence-corrected chi connectivity index (χ3v) is 6.13. The Bertz CT molecular complexity index is 787. The second-order valence-corrected chi connectivity index (χ2v) is 8.47. The molecule has 2 fully saturated rings. The van der Waals surface area contributed by atoms with Gasteiger partial charge in [-0.2, -0.15) is 0 Å². The molecule has 2 aliphatic rings. The van der Waals surface area contributed by atoms with Crippen molar-refractivity contribution < 1.29 is 23.9 Å². The summed E-state index contributed by atoms with van der Waals surface area (Å²) in [6.07, 6.45) is 1.30. The summed E-state index contributed by atoms with van der Waals surface area (Å²) in [4.78, 5) is 43.6. The van der Waals surface area contributed by atoms with Crippen molar-refractivity contribution in [2.24, 2.45) is 11.8 Å². The molecule has 0 bridgehead atoms. The number of carbonyl (C=O) groups is 3. The van der Waals surface area contributed by atoms with Crippen LogP contribution in [-0.2, 0) is 9.59 Å². The molecular formula is C23H33N3O5. The number of methoxy groups -OCH3 is 2. The molecule has 0 aromatic heterocycles. The van der Waals surface area contributed by atoms with Gasteiger partial charge in [0.25, 0.3) is 5.91 Å². The lowest BCUT2D eigenvalue weighted by atomic mass is 9.94. The van der Waals surface area contributed by atoms with Gasteiger partial charge in [-0.3, -0.25) is 14.4 Å². The highest BCUT2D eigenvalue weighted by Gasteiger charge is 2.33. The first-order valence-electron chi connectivity index (χ1n) is 10.9. The summed E-state index contributed by atoms with van der Waals surface area (Å²) < 4.78 is 10.5. The topological polar surface area (TPSA) is 79.4 Å². The molecule has 2 heterocycles. The van der Waals surface area contributed by atoms with Gasteiger partial charge in [0.2, 0.25) is 11.8 Å². The second-order valence-electron chi connectivity index (χ2n) is 8.47. The molecule has 0 aliphatic carbocycles. The number of carbonyl (C=O) groups excluding carboxylic acids is 3. The van der Waals surface area contributed by atoms with Crippen LogP contribution in [0.5, 0.6) is 11.5 Å². The van der Waals surface area contributed by atoms with Crippen LogP contribution >= 0.6 is 0 Å². The van der Waals surface area contributed by atoms with Gasteiger partial charge in [-0.1, -0.05) is 13.8 Å². The fourth-order valence-electron chi connectivity index (χ4n) is 4.21. The maximum absolute atomic E-state index is 13.0. The van der Waals surface area contributed by atoms with Gasteiger partial charge in [-0.05, 0) is 25.0 Å². The van der Waals surface area contributed by atoms with Crippen molar-refractivity contribution in [2.75, 3.05) is 53.5 Å². The number of hydrogen-bond acceptors (Lipinski definition) is 5. The average Bonchev–Trinajstić information content (AvgIpc) is 2.82. The van der Waals surface area contributed by atoms with Gasteiger partial charge < -0.3 is 24.2 Å². The highest BCUT2D eigenvalue weighted by Crippen LogP contribution is 2.26. The minimum atomic E-state index is -0.0797. The predicted molar refractivity (Wildman–Crippen MR) is 116 cm³/mol. The van der Waals surface area contributed by atoms with Crippen molar-refractivity contribution in [3.05, 3.63) is 23.8 Å². The number of likely N-dealkylation sites (tertiary alicyclic amines) is 1. The maximum atomic E-state index is 13.0. The van der Waals surface area contributed by atoms with Crippen LogP contribution in [0.2, 0.25) is 0 Å². The van der Waals surface area contributed by atoms with Crippen LogP contribution in [0, 0.1) is 11.8 Å². The van der Waals surface area contributed by atoms with Crippen molar-refractivity contribution in [1.29, 1.82) is 0 Å². The van der Waals surface area contributed by atoms with Crippen LogP contribution in [0.25, 0.3) is 0 Å². The van der Waals surface area contributed by atoms with E-state index in [2.05, 4.69) is 0 Å². The smallest absolute Gasteiger partial charge is 0.254 e. The molecule has 0 radical (unpaired) electrons. The van der Waals surface area contributed by atoms with Gasteiger partial charge >= 0.3 is 0 Å². The third kappa shape index (κ3) is 5.29. The van der Waals surface area contributed by atoms with E-state index in [0.29, 0.717) is 69.2 Å². The molecule has 31 heavy (non-hydrogen) atoms. The summed E-state index contributed by atoms with van der Waals surface area (Å²) in [7, 11) is 3.11. The van der Waals surface area contributed by atoms with Crippen LogP contribution in [0.1, 0.15) is 37.0 Å². The Kier molecular flexibility index (Phi) is 7.41. The SMILES string of the molecule is COc1cc(OC)cc(C(=O)N2CCC(C(=O)N3CCN(C(=O)C(C)C)CC3)CC2)c1. The monoisotopic (exact) mass is 431 g/mol. The number of hydrogen-bond donors (Lipinski definition) is 0. The molecule has 0 atom stereocenters. The first-order valence-corrected chi connectivity index (χ1v) is 10.9. The molecule has 0 spiro atoms. The minimum Gasteiger partial charge on any atom is -0.497 e. The van der Waals surface area contributed by atoms with Crippen molar-refractivity contribution >= 4 is 17.7 Å². The van der Waals surface area contributed by atoms with Gasteiger partial charge in [0.05, 0.1) is 14.2 Å². The third-order valence-electron chi connectivity index (χ3n) is 6.13. The Morgan fingerprint density at radius 3 is 1.81 bits per heavy atom. The van der Waals surface area contributed by atoms with E-state index in [1.165, 1.54) is 0 Å². The van der Waals surface area contributed by atoms with Crippen LogP contribution < -0.4 is 9.47 Å². The highest BCUT2D eigenvalue weighted by molar-refractivity contribution is 5.95. The van der Waals surface area contributed by atoms with Gasteiger partial charge in [0.1, 0.15) is 11.5 Å². The number of ether oxygens (including phenoxy) is 2. The lowest BCUT2D eigenvalue weighted by molar-refractivity contribution is -0.144. The van der Waals surface area contributed by atoms with Crippen molar-refractivity contribution in [2.45, 2.75) is 26.7 Å². The van der Waals surface area contributed by atoms with Crippen molar-refractivity contribution in [1.82, 2.24) is 14.7 Å². The zero-order valence-corrected chi connectivity index (χ0v) is 18.9. The molecule has 2 aliphatic heterocycles. The number of piperidine rings is 1. The van der Waals surface area contributed by atoms with E-state index in [9.17, 15) is 14.4 Å². The van der Waals surface area contributed by atoms with Crippen molar-refractivity contribution in [3.8, 4) is 11.5 Å². The second kappa shape index (κ2) is 10.0. The normalized spacial score (nSPS) is 17.6. The van der Waals surface area contributed by atoms with E-state index in [1.54, 1.807) is 37.3 Å². The van der Waals surface area contributed by atoms with Gasteiger partial charge in [0, 0.05) is 62.7 Å². The maximum Gasteiger partial charge on any atom is 0.254 e. The van der Waals surface area contributed by atoms with Gasteiger partial charge in [-0.25, -0.2) is 0 Å². The van der Waals surface area contributed by atoms with Crippen molar-refractivity contribution in [3.63, 3.8) is 0 Å². The summed E-state index contributed by atoms with van der Waals surface area (Å²) in [6.45, 7) is 7.24. The molecule has 0 unspecified atom stereocenters. The molecule has 170 valence electrons. The highest BCUT2D eigenvalue weighted by atomic mass is 16.5. The summed E-state index contributed by atoms with van der Waals surface area (Å²) in [5, 5.41) is 0. The average molecular weight is 432 g/mol. The summed E-state index contributed by atoms with van der Waals surface area (Å²) in [5.41, 5.74) is 0.520. The van der Waals surface area contributed by atoms with E-state index in [0.717, 1.165) is 0 Å². The van der Waals surface area contributed by atoms with Crippen LogP contribution in [0.4, 0.5) is 0 Å². The Balaban J connectivity index is 1.53. The van der Waals surface area contributed by atoms with E-state index in [1.807, 2.05) is 23.6 Å². The largest absolute Gasteiger partial charge is 0.497 e. The molecule has 1 aromatic rings. The summed E-state index contributed by atoms with van der Waals surface area (Å²) in [6, 6.07) is 5.15. The Labute approximate surface area is 184 Å². The van der Waals surface area contributed by atoms with E-state index in [4.69, 9.17) is 9.47 Å². The number of amides is 3. The van der Waals surface area contributed by atoms with Crippen LogP contribution in [0.15, 0.2) is 18.2 Å². The number of piperazine rings is 1. The van der Waals surface area contributed by atoms with Crippen LogP contribution in [0.3, 0.4) is 0 Å². The lowest BCUT2D eigenvalue weighted by Crippen LogP contribution is -2.53. The Morgan fingerprint density at radius 1 is 0.806 bits per heavy atom. The molecule has 0 N–H and O–H groups in total. The van der Waals surface area contributed by atoms with Gasteiger partial charge in [-0.15, -0.1) is 0 Å². The molecular weight excluding hydrogens is 398 g/mol. The lowest BCUT2D eigenvalue weighted by Gasteiger charge is -2.39. The number of benzene rings is 1. The standard InChI is InChI=1S/C23H33N3O5/c1-16(2)21(27)25-9-11-26(12-10-25)22(28)17-5-7-24(8-6-17)23(29)18-13-19(30-3)15-20(14-18)31-4/h13-17H,5-12H2,1-4H3. The Morgan fingerprint density at radius 2 is 1.32 bits per heavy atom. The zero-order chi connectivity index (χ0) is 22.5. The molecule has 8 nitrogen and oxygen atoms in total. The fourth-order valence-corrected chi connectivity index (χ4v) is 4.21.